The molecule has 0 aliphatic heterocycles. The number of rotatable bonds is 4. The number of ether oxygens (including phenoxy) is 1. The fraction of sp³-hybridized carbons (Fsp3) is 1.00. The van der Waals surface area contributed by atoms with Crippen LogP contribution in [0.15, 0.2) is 0 Å². The molecule has 3 heteroatoms. The van der Waals surface area contributed by atoms with Gasteiger partial charge in [0.15, 0.2) is 0 Å². The van der Waals surface area contributed by atoms with Crippen LogP contribution in [0.5, 0.6) is 0 Å². The molecule has 0 unspecified atom stereocenters. The van der Waals surface area contributed by atoms with E-state index < -0.39 is 0 Å². The van der Waals surface area contributed by atoms with Gasteiger partial charge in [0.1, 0.15) is 0 Å². The quantitative estimate of drug-likeness (QED) is 0.607. The van der Waals surface area contributed by atoms with Gasteiger partial charge in [-0.1, -0.05) is 20.8 Å². The maximum absolute atomic E-state index is 8.13. The number of hydrogen-bond acceptors (Lipinski definition) is 3. The first-order chi connectivity index (χ1) is 5.15. The average Bonchev–Trinajstić information content (AvgIpc) is 1.88. The minimum absolute atomic E-state index is 0. The molecule has 3 nitrogen and oxygen atoms in total. The average molecular weight is 165 g/mol. The Morgan fingerprint density at radius 3 is 2.09 bits per heavy atom. The summed E-state index contributed by atoms with van der Waals surface area (Å²) in [5.41, 5.74) is 5.06. The molecule has 0 aliphatic carbocycles. The van der Waals surface area contributed by atoms with Crippen LogP contribution in [0.4, 0.5) is 0 Å². The second-order valence-corrected chi connectivity index (χ2v) is 2.86. The maximum atomic E-state index is 8.13. The lowest BCUT2D eigenvalue weighted by Gasteiger charge is -1.95. The van der Waals surface area contributed by atoms with E-state index in [0.29, 0.717) is 19.8 Å². The van der Waals surface area contributed by atoms with Crippen molar-refractivity contribution in [2.75, 3.05) is 26.4 Å². The molecule has 3 N–H and O–H groups in total. The predicted molar refractivity (Wildman–Crippen MR) is 49.6 cm³/mol. The van der Waals surface area contributed by atoms with Crippen LogP contribution in [0, 0.1) is 5.92 Å². The van der Waals surface area contributed by atoms with Crippen LogP contribution in [0.3, 0.4) is 0 Å². The highest BCUT2D eigenvalue weighted by atomic mass is 16.5. The van der Waals surface area contributed by atoms with E-state index in [2.05, 4.69) is 20.8 Å². The lowest BCUT2D eigenvalue weighted by Crippen LogP contribution is -2.10. The molecular weight excluding hydrogens is 142 g/mol. The van der Waals surface area contributed by atoms with Gasteiger partial charge < -0.3 is 15.6 Å². The minimum Gasteiger partial charge on any atom is -0.394 e. The van der Waals surface area contributed by atoms with Gasteiger partial charge in [0.25, 0.3) is 0 Å². The first-order valence-electron chi connectivity index (χ1n) is 4.03. The third-order valence-electron chi connectivity index (χ3n) is 0.498. The van der Waals surface area contributed by atoms with Crippen molar-refractivity contribution in [3.05, 3.63) is 0 Å². The lowest BCUT2D eigenvalue weighted by atomic mass is 10.3. The highest BCUT2D eigenvalue weighted by Gasteiger charge is 1.78. The Labute approximate surface area is 71.0 Å². The number of aliphatic hydroxyl groups is 1. The van der Waals surface area contributed by atoms with E-state index in [0.717, 1.165) is 5.92 Å². The Morgan fingerprint density at radius 2 is 1.82 bits per heavy atom. The predicted octanol–water partition coefficient (Wildman–Crippen LogP) is 0.862. The number of hydrogen-bond donors (Lipinski definition) is 2. The van der Waals surface area contributed by atoms with Crippen molar-refractivity contribution in [2.45, 2.75) is 20.8 Å². The molecule has 0 rings (SSSR count). The summed E-state index contributed by atoms with van der Waals surface area (Å²) in [6.45, 7) is 8.05. The van der Waals surface area contributed by atoms with Gasteiger partial charge in [-0.05, 0) is 5.92 Å². The van der Waals surface area contributed by atoms with Crippen molar-refractivity contribution in [3.8, 4) is 0 Å². The Kier molecular flexibility index (Phi) is 15.4. The Morgan fingerprint density at radius 1 is 1.36 bits per heavy atom. The third kappa shape index (κ3) is 40.8. The Hall–Kier alpha value is -0.120. The van der Waals surface area contributed by atoms with Crippen LogP contribution < -0.4 is 5.73 Å². The highest BCUT2D eigenvalue weighted by Crippen LogP contribution is 1.81. The van der Waals surface area contributed by atoms with Gasteiger partial charge in [-0.3, -0.25) is 0 Å². The topological polar surface area (TPSA) is 55.5 Å². The fourth-order valence-corrected chi connectivity index (χ4v) is 0.250. The molecule has 72 valence electrons. The van der Waals surface area contributed by atoms with E-state index >= 15 is 0 Å². The van der Waals surface area contributed by atoms with Crippen molar-refractivity contribution in [1.82, 2.24) is 0 Å². The van der Waals surface area contributed by atoms with Crippen LogP contribution >= 0.6 is 0 Å². The maximum Gasteiger partial charge on any atom is 0.0698 e. The van der Waals surface area contributed by atoms with Crippen LogP contribution in [-0.4, -0.2) is 31.5 Å². The van der Waals surface area contributed by atoms with E-state index in [-0.39, 0.29) is 8.03 Å². The Balaban J connectivity index is -0.000000142. The molecule has 0 aromatic rings. The van der Waals surface area contributed by atoms with Crippen LogP contribution in [0.2, 0.25) is 0 Å². The van der Waals surface area contributed by atoms with Crippen LogP contribution in [0.1, 0.15) is 22.2 Å². The summed E-state index contributed by atoms with van der Waals surface area (Å²) in [6.07, 6.45) is 0. The lowest BCUT2D eigenvalue weighted by molar-refractivity contribution is 0.0976. The monoisotopic (exact) mass is 165 g/mol. The first kappa shape index (κ1) is 13.5. The standard InChI is InChI=1S/C4H11NO2.C4H10.H2/c5-1-3-7-4-2-6;1-4(2)3;/h6H,1-5H2;4H,1-3H3;1H. The summed E-state index contributed by atoms with van der Waals surface area (Å²) in [5.74, 6) is 0.833. The minimum atomic E-state index is 0. The van der Waals surface area contributed by atoms with Gasteiger partial charge in [-0.2, -0.15) is 0 Å². The molecule has 0 saturated heterocycles. The summed E-state index contributed by atoms with van der Waals surface area (Å²) >= 11 is 0. The molecule has 0 aromatic carbocycles. The van der Waals surface area contributed by atoms with Crippen molar-refractivity contribution >= 4 is 0 Å². The second kappa shape index (κ2) is 12.5. The van der Waals surface area contributed by atoms with E-state index in [1.807, 2.05) is 0 Å². The number of aliphatic hydroxyl groups excluding tert-OH is 1. The van der Waals surface area contributed by atoms with Crippen molar-refractivity contribution < 1.29 is 11.3 Å². The van der Waals surface area contributed by atoms with E-state index in [1.54, 1.807) is 0 Å². The molecular formula is C8H23NO2. The van der Waals surface area contributed by atoms with Gasteiger partial charge in [0.2, 0.25) is 0 Å². The van der Waals surface area contributed by atoms with Crippen molar-refractivity contribution in [3.63, 3.8) is 0 Å². The summed E-state index contributed by atoms with van der Waals surface area (Å²) in [7, 11) is 0. The van der Waals surface area contributed by atoms with Crippen LogP contribution in [-0.2, 0) is 4.74 Å². The molecule has 11 heavy (non-hydrogen) atoms. The van der Waals surface area contributed by atoms with E-state index in [1.165, 1.54) is 0 Å². The number of nitrogens with two attached hydrogens (primary N) is 1. The van der Waals surface area contributed by atoms with Gasteiger partial charge in [0.05, 0.1) is 19.8 Å². The molecule has 0 spiro atoms. The Bertz CT molecular complexity index is 56.3. The van der Waals surface area contributed by atoms with Gasteiger partial charge >= 0.3 is 0 Å². The summed E-state index contributed by atoms with van der Waals surface area (Å²) in [6, 6.07) is 0. The normalized spacial score (nSPS) is 9.27. The van der Waals surface area contributed by atoms with E-state index in [9.17, 15) is 0 Å². The highest BCUT2D eigenvalue weighted by molar-refractivity contribution is 4.28. The molecule has 0 amide bonds. The molecule has 0 fully saturated rings. The van der Waals surface area contributed by atoms with Gasteiger partial charge in [-0.15, -0.1) is 0 Å². The summed E-state index contributed by atoms with van der Waals surface area (Å²) < 4.78 is 4.76. The zero-order chi connectivity index (χ0) is 9.11. The molecule has 0 aromatic heterocycles. The SMILES string of the molecule is CC(C)C.NCCOCCO.[HH]. The molecule has 0 heterocycles. The molecule has 0 bridgehead atoms. The second-order valence-electron chi connectivity index (χ2n) is 2.86. The van der Waals surface area contributed by atoms with E-state index in [4.69, 9.17) is 15.6 Å². The molecule has 0 radical (unpaired) electrons. The van der Waals surface area contributed by atoms with Crippen LogP contribution in [0.25, 0.3) is 0 Å². The first-order valence-corrected chi connectivity index (χ1v) is 4.03. The largest absolute Gasteiger partial charge is 0.394 e. The third-order valence-corrected chi connectivity index (χ3v) is 0.498. The van der Waals surface area contributed by atoms with Gasteiger partial charge in [0, 0.05) is 7.97 Å². The summed E-state index contributed by atoms with van der Waals surface area (Å²) in [4.78, 5) is 0. The molecule has 0 saturated carbocycles. The fourth-order valence-electron chi connectivity index (χ4n) is 0.250. The molecule has 0 atom stereocenters. The van der Waals surface area contributed by atoms with Crippen molar-refractivity contribution in [1.29, 1.82) is 0 Å². The zero-order valence-electron chi connectivity index (χ0n) is 7.84. The van der Waals surface area contributed by atoms with Crippen molar-refractivity contribution in [2.24, 2.45) is 11.7 Å². The zero-order valence-corrected chi connectivity index (χ0v) is 7.84. The van der Waals surface area contributed by atoms with Gasteiger partial charge in [-0.25, -0.2) is 0 Å². The molecule has 0 aliphatic rings. The smallest absolute Gasteiger partial charge is 0.0698 e. The summed E-state index contributed by atoms with van der Waals surface area (Å²) in [5, 5.41) is 8.13.